The maximum Gasteiger partial charge on any atom is 0.390 e. The second-order valence-electron chi connectivity index (χ2n) is 10.0. The van der Waals surface area contributed by atoms with Gasteiger partial charge in [-0.3, -0.25) is 0 Å². The first-order valence-electron chi connectivity index (χ1n) is 12.4. The minimum absolute atomic E-state index is 0.0148. The van der Waals surface area contributed by atoms with E-state index in [1.807, 2.05) is 21.7 Å². The van der Waals surface area contributed by atoms with Crippen molar-refractivity contribution in [3.8, 4) is 11.1 Å². The molecule has 186 valence electrons. The topological polar surface area (TPSA) is 48.1 Å². The van der Waals surface area contributed by atoms with Crippen LogP contribution in [0, 0.1) is 0 Å². The van der Waals surface area contributed by atoms with Gasteiger partial charge in [0.15, 0.2) is 0 Å². The van der Waals surface area contributed by atoms with Crippen LogP contribution in [0.4, 0.5) is 13.2 Å². The van der Waals surface area contributed by atoms with Gasteiger partial charge in [-0.1, -0.05) is 19.6 Å². The van der Waals surface area contributed by atoms with E-state index in [-0.39, 0.29) is 31.7 Å². The van der Waals surface area contributed by atoms with Gasteiger partial charge >= 0.3 is 6.18 Å². The zero-order chi connectivity index (χ0) is 26.3. The molecule has 1 atom stereocenters. The SMILES string of the molecule is [2H]c1nn(COCC[Si](C)(C)C)c([2H])c1-c1cn([C@H]2CCN(CCC(F)(F)F)C2)c2cnc(Br)cc12. The Labute approximate surface area is 210 Å². The van der Waals surface area contributed by atoms with Gasteiger partial charge in [0.05, 0.1) is 27.0 Å². The number of pyridine rings is 1. The molecular weight excluding hydrogens is 527 g/mol. The Hall–Kier alpha value is -1.69. The summed E-state index contributed by atoms with van der Waals surface area (Å²) < 4.78 is 65.1. The van der Waals surface area contributed by atoms with Gasteiger partial charge in [-0.15, -0.1) is 0 Å². The molecule has 3 aromatic heterocycles. The van der Waals surface area contributed by atoms with Gasteiger partial charge in [-0.25, -0.2) is 9.67 Å². The fraction of sp³-hybridized carbons (Fsp3) is 0.565. The third kappa shape index (κ3) is 6.49. The fourth-order valence-electron chi connectivity index (χ4n) is 4.15. The molecule has 0 unspecified atom stereocenters. The highest BCUT2D eigenvalue weighted by Gasteiger charge is 2.31. The summed E-state index contributed by atoms with van der Waals surface area (Å²) in [7, 11) is -1.24. The van der Waals surface area contributed by atoms with Gasteiger partial charge in [0.1, 0.15) is 11.3 Å². The summed E-state index contributed by atoms with van der Waals surface area (Å²) >= 11 is 3.41. The van der Waals surface area contributed by atoms with Gasteiger partial charge in [0, 0.05) is 69.2 Å². The maximum absolute atomic E-state index is 12.7. The molecule has 0 aromatic carbocycles. The van der Waals surface area contributed by atoms with Crippen LogP contribution in [-0.2, 0) is 11.5 Å². The third-order valence-corrected chi connectivity index (χ3v) is 8.18. The summed E-state index contributed by atoms with van der Waals surface area (Å²) in [5, 5.41) is 5.06. The summed E-state index contributed by atoms with van der Waals surface area (Å²) in [5.74, 6) is 0. The highest BCUT2D eigenvalue weighted by Crippen LogP contribution is 2.36. The molecule has 1 fully saturated rings. The highest BCUT2D eigenvalue weighted by atomic mass is 79.9. The predicted molar refractivity (Wildman–Crippen MR) is 134 cm³/mol. The van der Waals surface area contributed by atoms with Crippen LogP contribution in [0.5, 0.6) is 0 Å². The summed E-state index contributed by atoms with van der Waals surface area (Å²) in [6, 6.07) is 2.82. The molecule has 0 saturated carbocycles. The maximum atomic E-state index is 12.7. The van der Waals surface area contributed by atoms with E-state index in [0.717, 1.165) is 16.9 Å². The van der Waals surface area contributed by atoms with Gasteiger partial charge in [0.25, 0.3) is 0 Å². The predicted octanol–water partition coefficient (Wildman–Crippen LogP) is 6.17. The number of fused-ring (bicyclic) bond motifs is 1. The largest absolute Gasteiger partial charge is 0.390 e. The van der Waals surface area contributed by atoms with E-state index in [4.69, 9.17) is 7.48 Å². The molecule has 11 heteroatoms. The molecule has 1 aliphatic rings. The molecule has 0 bridgehead atoms. The van der Waals surface area contributed by atoms with Crippen LogP contribution in [0.25, 0.3) is 22.0 Å². The van der Waals surface area contributed by atoms with Crippen LogP contribution in [0.15, 0.2) is 35.4 Å². The molecule has 34 heavy (non-hydrogen) atoms. The minimum Gasteiger partial charge on any atom is -0.360 e. The molecule has 0 spiro atoms. The Kier molecular flexibility index (Phi) is 6.77. The number of nitrogens with zero attached hydrogens (tertiary/aromatic N) is 5. The number of halogens is 4. The first-order chi connectivity index (χ1) is 16.8. The molecule has 0 aliphatic carbocycles. The Morgan fingerprint density at radius 2 is 2.12 bits per heavy atom. The summed E-state index contributed by atoms with van der Waals surface area (Å²) in [4.78, 5) is 6.19. The lowest BCUT2D eigenvalue weighted by atomic mass is 10.1. The Bertz CT molecular complexity index is 1230. The minimum atomic E-state index is -4.17. The van der Waals surface area contributed by atoms with E-state index in [2.05, 4.69) is 45.7 Å². The number of rotatable bonds is 9. The lowest BCUT2D eigenvalue weighted by molar-refractivity contribution is -0.137. The van der Waals surface area contributed by atoms with Crippen molar-refractivity contribution in [2.75, 3.05) is 26.2 Å². The average Bonchev–Trinajstić information content (AvgIpc) is 3.44. The van der Waals surface area contributed by atoms with Gasteiger partial charge in [-0.05, 0) is 34.5 Å². The second kappa shape index (κ2) is 10.1. The van der Waals surface area contributed by atoms with Gasteiger partial charge in [0.2, 0.25) is 0 Å². The fourth-order valence-corrected chi connectivity index (χ4v) is 5.24. The smallest absolute Gasteiger partial charge is 0.360 e. The second-order valence-corrected chi connectivity index (χ2v) is 16.5. The number of aromatic nitrogens is 4. The summed E-state index contributed by atoms with van der Waals surface area (Å²) in [6.45, 7) is 8.56. The van der Waals surface area contributed by atoms with Crippen molar-refractivity contribution in [3.63, 3.8) is 0 Å². The third-order valence-electron chi connectivity index (χ3n) is 6.04. The van der Waals surface area contributed by atoms with Crippen LogP contribution in [0.2, 0.25) is 25.7 Å². The molecule has 6 nitrogen and oxygen atoms in total. The summed E-state index contributed by atoms with van der Waals surface area (Å²) in [5.41, 5.74) is 1.90. The van der Waals surface area contributed by atoms with Crippen LogP contribution < -0.4 is 0 Å². The first-order valence-corrected chi connectivity index (χ1v) is 15.9. The zero-order valence-corrected chi connectivity index (χ0v) is 22.2. The van der Waals surface area contributed by atoms with Crippen molar-refractivity contribution >= 4 is 34.9 Å². The molecule has 4 heterocycles. The highest BCUT2D eigenvalue weighted by molar-refractivity contribution is 9.10. The number of likely N-dealkylation sites (tertiary alicyclic amines) is 1. The van der Waals surface area contributed by atoms with Crippen molar-refractivity contribution < 1.29 is 20.6 Å². The number of ether oxygens (including phenoxy) is 1. The molecule has 0 N–H and O–H groups in total. The molecular formula is C23H31BrF3N5OSi. The van der Waals surface area contributed by atoms with Crippen molar-refractivity contribution in [2.45, 2.75) is 57.5 Å². The molecule has 4 rings (SSSR count). The van der Waals surface area contributed by atoms with E-state index in [1.54, 1.807) is 6.20 Å². The Morgan fingerprint density at radius 3 is 2.85 bits per heavy atom. The first kappa shape index (κ1) is 22.8. The number of alkyl halides is 3. The van der Waals surface area contributed by atoms with E-state index >= 15 is 0 Å². The van der Waals surface area contributed by atoms with Crippen molar-refractivity contribution in [2.24, 2.45) is 0 Å². The standard InChI is InChI=1S/C23H31BrF3N5OSi/c1-34(2,3)9-8-33-16-31-13-17(11-29-31)20-15-32(21-12-28-22(24)10-19(20)21)18-4-6-30(14-18)7-5-23(25,26)27/h10-13,15,18H,4-9,14,16H2,1-3H3/t18-/m0/s1/i11D,13D. The normalized spacial score (nSPS) is 18.6. The lowest BCUT2D eigenvalue weighted by Gasteiger charge is -2.18. The number of hydrogen-bond acceptors (Lipinski definition) is 4. The quantitative estimate of drug-likeness (QED) is 0.178. The lowest BCUT2D eigenvalue weighted by Crippen LogP contribution is -2.26. The van der Waals surface area contributed by atoms with Crippen LogP contribution in [-0.4, -0.2) is 64.7 Å². The van der Waals surface area contributed by atoms with Crippen LogP contribution in [0.1, 0.15) is 21.6 Å². The average molecular weight is 561 g/mol. The van der Waals surface area contributed by atoms with E-state index in [9.17, 15) is 13.2 Å². The van der Waals surface area contributed by atoms with Crippen LogP contribution >= 0.6 is 15.9 Å². The van der Waals surface area contributed by atoms with Gasteiger partial charge < -0.3 is 14.2 Å². The zero-order valence-electron chi connectivity index (χ0n) is 21.6. The molecule has 1 aliphatic heterocycles. The summed E-state index contributed by atoms with van der Waals surface area (Å²) in [6.07, 6.45) is -0.594. The van der Waals surface area contributed by atoms with Crippen molar-refractivity contribution in [1.29, 1.82) is 0 Å². The van der Waals surface area contributed by atoms with Crippen molar-refractivity contribution in [3.05, 3.63) is 35.4 Å². The van der Waals surface area contributed by atoms with Gasteiger partial charge in [-0.2, -0.15) is 18.3 Å². The van der Waals surface area contributed by atoms with E-state index in [0.29, 0.717) is 41.8 Å². The Balaban J connectivity index is 1.61. The molecule has 1 saturated heterocycles. The number of hydrogen-bond donors (Lipinski definition) is 0. The molecule has 0 radical (unpaired) electrons. The molecule has 0 amide bonds. The Morgan fingerprint density at radius 1 is 1.32 bits per heavy atom. The molecule has 3 aromatic rings. The van der Waals surface area contributed by atoms with E-state index in [1.165, 1.54) is 4.68 Å². The monoisotopic (exact) mass is 559 g/mol. The van der Waals surface area contributed by atoms with Crippen molar-refractivity contribution in [1.82, 2.24) is 24.2 Å². The van der Waals surface area contributed by atoms with E-state index < -0.39 is 20.7 Å². The van der Waals surface area contributed by atoms with Crippen LogP contribution in [0.3, 0.4) is 0 Å².